The number of fused-ring (bicyclic) bond motifs is 2. The van der Waals surface area contributed by atoms with Crippen LogP contribution < -0.4 is 33.2 Å². The SMILES string of the molecule is NCCCC[C@H](CC(=O)[C@H](Cc1ccccc1)NC(=O)[C@H](Cc1c[nH]c2ccccc12)N1CC[C@H](NC(=O)[C@@H](Cc2c[nH]c3ccccc23)NC(=O)[C@@H](N)Cc2cnc[nH]2)C1=O)C(N)=O. The molecule has 1 aliphatic rings. The van der Waals surface area contributed by atoms with Crippen molar-refractivity contribution in [3.63, 3.8) is 0 Å². The Morgan fingerprint density at radius 1 is 0.754 bits per heavy atom. The highest BCUT2D eigenvalue weighted by atomic mass is 16.2. The maximum absolute atomic E-state index is 14.8. The Balaban J connectivity index is 1.13. The molecule has 0 saturated carbocycles. The van der Waals surface area contributed by atoms with Crippen LogP contribution in [0.15, 0.2) is 104 Å². The molecule has 5 amide bonds. The molecule has 17 nitrogen and oxygen atoms in total. The van der Waals surface area contributed by atoms with Gasteiger partial charge in [-0.1, -0.05) is 73.2 Å². The van der Waals surface area contributed by atoms with Crippen LogP contribution in [-0.4, -0.2) is 103 Å². The van der Waals surface area contributed by atoms with Gasteiger partial charge in [0.15, 0.2) is 5.78 Å². The number of unbranched alkanes of at least 4 members (excludes halogenated alkanes) is 1. The largest absolute Gasteiger partial charge is 0.369 e. The van der Waals surface area contributed by atoms with Gasteiger partial charge < -0.3 is 53.0 Å². The van der Waals surface area contributed by atoms with Crippen molar-refractivity contribution in [1.29, 1.82) is 0 Å². The molecular formula is C48H57N11O6. The molecule has 6 aromatic rings. The molecule has 0 radical (unpaired) electrons. The molecular weight excluding hydrogens is 827 g/mol. The quantitative estimate of drug-likeness (QED) is 0.0426. The number of H-pyrrole nitrogens is 3. The first-order valence-corrected chi connectivity index (χ1v) is 22.1. The van der Waals surface area contributed by atoms with Gasteiger partial charge in [-0.25, -0.2) is 4.98 Å². The fraction of sp³-hybridized carbons (Fsp3) is 0.354. The van der Waals surface area contributed by atoms with E-state index in [0.717, 1.165) is 38.5 Å². The summed E-state index contributed by atoms with van der Waals surface area (Å²) >= 11 is 0. The van der Waals surface area contributed by atoms with Crippen molar-refractivity contribution < 1.29 is 28.8 Å². The molecule has 1 aliphatic heterocycles. The minimum absolute atomic E-state index is 0.0883. The highest BCUT2D eigenvalue weighted by Crippen LogP contribution is 2.25. The van der Waals surface area contributed by atoms with Crippen LogP contribution in [-0.2, 0) is 54.5 Å². The monoisotopic (exact) mass is 883 g/mol. The molecule has 17 heteroatoms. The zero-order chi connectivity index (χ0) is 45.9. The van der Waals surface area contributed by atoms with E-state index in [0.29, 0.717) is 31.5 Å². The summed E-state index contributed by atoms with van der Waals surface area (Å²) in [5.41, 5.74) is 22.4. The lowest BCUT2D eigenvalue weighted by Gasteiger charge is -2.30. The van der Waals surface area contributed by atoms with Gasteiger partial charge in [0.1, 0.15) is 18.1 Å². The summed E-state index contributed by atoms with van der Waals surface area (Å²) in [4.78, 5) is 98.5. The topological polar surface area (TPSA) is 280 Å². The number of para-hydroxylation sites is 2. The molecule has 0 bridgehead atoms. The van der Waals surface area contributed by atoms with E-state index in [2.05, 4.69) is 35.9 Å². The molecule has 0 spiro atoms. The third kappa shape index (κ3) is 11.5. The molecule has 4 heterocycles. The van der Waals surface area contributed by atoms with Gasteiger partial charge in [0.25, 0.3) is 0 Å². The summed E-state index contributed by atoms with van der Waals surface area (Å²) in [5.74, 6) is -3.94. The second-order valence-corrected chi connectivity index (χ2v) is 16.8. The number of Topliss-reactive ketones (excluding diaryl/α,β-unsaturated/α-hetero) is 1. The number of imidazole rings is 1. The van der Waals surface area contributed by atoms with E-state index in [-0.39, 0.29) is 50.9 Å². The van der Waals surface area contributed by atoms with Crippen LogP contribution in [0.25, 0.3) is 21.8 Å². The zero-order valence-corrected chi connectivity index (χ0v) is 36.1. The van der Waals surface area contributed by atoms with Crippen molar-refractivity contribution in [1.82, 2.24) is 40.8 Å². The van der Waals surface area contributed by atoms with Crippen LogP contribution in [0.3, 0.4) is 0 Å². The highest BCUT2D eigenvalue weighted by molar-refractivity contribution is 5.98. The Bertz CT molecular complexity index is 2590. The number of aromatic amines is 3. The second-order valence-electron chi connectivity index (χ2n) is 16.8. The number of carbonyl (C=O) groups excluding carboxylic acids is 6. The number of nitrogens with one attached hydrogen (secondary N) is 6. The zero-order valence-electron chi connectivity index (χ0n) is 36.1. The summed E-state index contributed by atoms with van der Waals surface area (Å²) in [5, 5.41) is 10.4. The van der Waals surface area contributed by atoms with E-state index in [1.54, 1.807) is 18.6 Å². The number of rotatable bonds is 23. The van der Waals surface area contributed by atoms with Crippen LogP contribution in [0.1, 0.15) is 54.5 Å². The number of hydrogen-bond donors (Lipinski definition) is 9. The lowest BCUT2D eigenvalue weighted by atomic mass is 9.90. The highest BCUT2D eigenvalue weighted by Gasteiger charge is 2.42. The second kappa shape index (κ2) is 21.5. The van der Waals surface area contributed by atoms with Gasteiger partial charge in [-0.15, -0.1) is 0 Å². The van der Waals surface area contributed by atoms with Gasteiger partial charge in [-0.3, -0.25) is 28.8 Å². The smallest absolute Gasteiger partial charge is 0.245 e. The fourth-order valence-corrected chi connectivity index (χ4v) is 8.63. The van der Waals surface area contributed by atoms with E-state index in [4.69, 9.17) is 17.2 Å². The maximum atomic E-state index is 14.8. The van der Waals surface area contributed by atoms with Crippen molar-refractivity contribution in [2.45, 2.75) is 88.0 Å². The molecule has 1 fully saturated rings. The minimum Gasteiger partial charge on any atom is -0.369 e. The van der Waals surface area contributed by atoms with Crippen LogP contribution >= 0.6 is 0 Å². The van der Waals surface area contributed by atoms with Crippen molar-refractivity contribution in [2.75, 3.05) is 13.1 Å². The number of primary amides is 1. The standard InChI is InChI=1S/C48H57N11O6/c49-18-9-8-12-30(44(51)61)23-43(60)40(20-29-10-2-1-3-11-29)57-47(64)42(22-32-26-54-38-16-7-5-14-35(32)38)59-19-17-39(48(59)65)56-46(63)41(21-31-25-53-37-15-6-4-13-34(31)37)58-45(62)36(50)24-33-27-52-28-55-33/h1-7,10-11,13-16,25-28,30,36,39-42,53-54H,8-9,12,17-24,49-50H2,(H2,51,61)(H,52,55)(H,56,63)(H,57,64)(H,58,62)/t30-,36+,39+,40+,41-,42+/m1/s1. The van der Waals surface area contributed by atoms with Crippen LogP contribution in [0, 0.1) is 5.92 Å². The Hall–Kier alpha value is -7.11. The molecule has 0 aliphatic carbocycles. The lowest BCUT2D eigenvalue weighted by molar-refractivity contribution is -0.140. The number of likely N-dealkylation sites (tertiary alicyclic amines) is 1. The van der Waals surface area contributed by atoms with Gasteiger partial charge in [0.05, 0.1) is 18.4 Å². The normalized spacial score (nSPS) is 16.2. The van der Waals surface area contributed by atoms with Gasteiger partial charge in [0.2, 0.25) is 29.5 Å². The third-order valence-corrected chi connectivity index (χ3v) is 12.2. The first kappa shape index (κ1) is 45.9. The summed E-state index contributed by atoms with van der Waals surface area (Å²) in [7, 11) is 0. The van der Waals surface area contributed by atoms with Gasteiger partial charge >= 0.3 is 0 Å². The molecule has 7 rings (SSSR count). The van der Waals surface area contributed by atoms with Crippen LogP contribution in [0.2, 0.25) is 0 Å². The van der Waals surface area contributed by atoms with Crippen LogP contribution in [0.5, 0.6) is 0 Å². The Morgan fingerprint density at radius 2 is 1.40 bits per heavy atom. The van der Waals surface area contributed by atoms with Crippen molar-refractivity contribution in [2.24, 2.45) is 23.1 Å². The van der Waals surface area contributed by atoms with Crippen LogP contribution in [0.4, 0.5) is 0 Å². The van der Waals surface area contributed by atoms with E-state index >= 15 is 0 Å². The molecule has 6 atom stereocenters. The lowest BCUT2D eigenvalue weighted by Crippen LogP contribution is -2.57. The first-order valence-electron chi connectivity index (χ1n) is 22.1. The summed E-state index contributed by atoms with van der Waals surface area (Å²) < 4.78 is 0. The number of nitrogens with zero attached hydrogens (tertiary/aromatic N) is 2. The Kier molecular flexibility index (Phi) is 15.2. The van der Waals surface area contributed by atoms with Crippen molar-refractivity contribution in [3.05, 3.63) is 126 Å². The maximum Gasteiger partial charge on any atom is 0.245 e. The summed E-state index contributed by atoms with van der Waals surface area (Å²) in [6, 6.07) is 19.1. The summed E-state index contributed by atoms with van der Waals surface area (Å²) in [6.45, 7) is 0.550. The Morgan fingerprint density at radius 3 is 2.05 bits per heavy atom. The molecule has 0 unspecified atom stereocenters. The fourth-order valence-electron chi connectivity index (χ4n) is 8.63. The molecule has 12 N–H and O–H groups in total. The number of amides is 5. The Labute approximate surface area is 376 Å². The number of aromatic nitrogens is 4. The molecule has 1 saturated heterocycles. The number of benzene rings is 3. The number of carbonyl (C=O) groups is 6. The van der Waals surface area contributed by atoms with E-state index < -0.39 is 65.7 Å². The van der Waals surface area contributed by atoms with Crippen molar-refractivity contribution in [3.8, 4) is 0 Å². The van der Waals surface area contributed by atoms with E-state index in [1.165, 1.54) is 11.2 Å². The van der Waals surface area contributed by atoms with Crippen molar-refractivity contribution >= 4 is 57.1 Å². The van der Waals surface area contributed by atoms with E-state index in [1.807, 2.05) is 78.9 Å². The minimum atomic E-state index is -1.12. The molecule has 340 valence electrons. The van der Waals surface area contributed by atoms with Gasteiger partial charge in [-0.05, 0) is 61.1 Å². The van der Waals surface area contributed by atoms with Gasteiger partial charge in [0, 0.05) is 84.2 Å². The average Bonchev–Trinajstić information content (AvgIpc) is 4.13. The third-order valence-electron chi connectivity index (χ3n) is 12.2. The number of ketones is 1. The predicted octanol–water partition coefficient (Wildman–Crippen LogP) is 2.22. The molecule has 3 aromatic carbocycles. The average molecular weight is 884 g/mol. The van der Waals surface area contributed by atoms with Gasteiger partial charge in [-0.2, -0.15) is 0 Å². The first-order chi connectivity index (χ1) is 31.5. The summed E-state index contributed by atoms with van der Waals surface area (Å²) in [6.07, 6.45) is 8.77. The number of hydrogen-bond acceptors (Lipinski definition) is 9. The number of nitrogens with two attached hydrogens (primary N) is 3. The molecule has 3 aromatic heterocycles. The predicted molar refractivity (Wildman–Crippen MR) is 246 cm³/mol. The molecule has 65 heavy (non-hydrogen) atoms. The van der Waals surface area contributed by atoms with E-state index in [9.17, 15) is 28.8 Å².